The number of hydrogen-bond donors (Lipinski definition) is 2. The number of aliphatic hydroxyl groups is 1. The smallest absolute Gasteiger partial charge is 0.209 e. The maximum absolute atomic E-state index is 12.7. The quantitative estimate of drug-likeness (QED) is 0.554. The fourth-order valence-electron chi connectivity index (χ4n) is 2.03. The van der Waals surface area contributed by atoms with Crippen LogP contribution >= 0.6 is 7.37 Å². The molecule has 0 saturated carbocycles. The van der Waals surface area contributed by atoms with Crippen molar-refractivity contribution in [2.45, 2.75) is 37.9 Å². The van der Waals surface area contributed by atoms with Gasteiger partial charge in [0.15, 0.2) is 0 Å². The lowest BCUT2D eigenvalue weighted by Gasteiger charge is -2.29. The highest BCUT2D eigenvalue weighted by atomic mass is 31.2. The molecule has 0 aliphatic heterocycles. The lowest BCUT2D eigenvalue weighted by atomic mass is 10.1. The Kier molecular flexibility index (Phi) is 5.70. The third kappa shape index (κ3) is 3.70. The van der Waals surface area contributed by atoms with Gasteiger partial charge in [-0.1, -0.05) is 12.2 Å². The van der Waals surface area contributed by atoms with E-state index >= 15 is 0 Å². The maximum atomic E-state index is 12.7. The molecule has 2 unspecified atom stereocenters. The van der Waals surface area contributed by atoms with Gasteiger partial charge >= 0.3 is 0 Å². The van der Waals surface area contributed by atoms with E-state index in [0.717, 1.165) is 19.3 Å². The number of rotatable bonds is 6. The van der Waals surface area contributed by atoms with E-state index in [0.29, 0.717) is 6.61 Å². The predicted octanol–water partition coefficient (Wildman–Crippen LogP) is 1.73. The Balaban J connectivity index is 2.70. The van der Waals surface area contributed by atoms with E-state index in [2.05, 4.69) is 12.2 Å². The molecule has 1 rings (SSSR count). The summed E-state index contributed by atoms with van der Waals surface area (Å²) in [7, 11) is -2.75. The summed E-state index contributed by atoms with van der Waals surface area (Å²) in [6, 6.07) is 0. The van der Waals surface area contributed by atoms with Crippen LogP contribution in [0.4, 0.5) is 0 Å². The molecule has 0 heterocycles. The van der Waals surface area contributed by atoms with Crippen molar-refractivity contribution < 1.29 is 14.2 Å². The van der Waals surface area contributed by atoms with Gasteiger partial charge in [-0.2, -0.15) is 0 Å². The first kappa shape index (κ1) is 13.9. The third-order valence-corrected chi connectivity index (χ3v) is 6.09. The predicted molar refractivity (Wildman–Crippen MR) is 65.9 cm³/mol. The van der Waals surface area contributed by atoms with E-state index in [1.807, 2.05) is 6.92 Å². The lowest BCUT2D eigenvalue weighted by molar-refractivity contribution is 0.197. The first-order chi connectivity index (χ1) is 7.62. The molecule has 16 heavy (non-hydrogen) atoms. The van der Waals surface area contributed by atoms with Crippen molar-refractivity contribution in [3.8, 4) is 0 Å². The van der Waals surface area contributed by atoms with Gasteiger partial charge in [-0.25, -0.2) is 0 Å². The minimum Gasteiger partial charge on any atom is -0.391 e. The minimum atomic E-state index is -2.75. The summed E-state index contributed by atoms with van der Waals surface area (Å²) in [5, 5.41) is 9.56. The summed E-state index contributed by atoms with van der Waals surface area (Å²) < 4.78 is 18.1. The molecule has 1 aliphatic rings. The van der Waals surface area contributed by atoms with Crippen LogP contribution in [-0.2, 0) is 9.09 Å². The highest BCUT2D eigenvalue weighted by Gasteiger charge is 2.35. The second-order valence-electron chi connectivity index (χ2n) is 4.15. The first-order valence-electron chi connectivity index (χ1n) is 5.88. The van der Waals surface area contributed by atoms with Crippen molar-refractivity contribution in [2.24, 2.45) is 5.73 Å². The van der Waals surface area contributed by atoms with Crippen molar-refractivity contribution in [1.82, 2.24) is 0 Å². The van der Waals surface area contributed by atoms with Crippen LogP contribution in [-0.4, -0.2) is 36.2 Å². The number of allylic oxidation sites excluding steroid dienone is 2. The Morgan fingerprint density at radius 1 is 1.62 bits per heavy atom. The van der Waals surface area contributed by atoms with Crippen LogP contribution in [0.5, 0.6) is 0 Å². The molecule has 3 atom stereocenters. The van der Waals surface area contributed by atoms with Crippen LogP contribution in [0.2, 0.25) is 0 Å². The van der Waals surface area contributed by atoms with Gasteiger partial charge in [0, 0.05) is 12.2 Å². The Morgan fingerprint density at radius 2 is 2.38 bits per heavy atom. The zero-order valence-electron chi connectivity index (χ0n) is 9.84. The second kappa shape index (κ2) is 6.55. The van der Waals surface area contributed by atoms with Gasteiger partial charge < -0.3 is 15.4 Å². The van der Waals surface area contributed by atoms with Crippen molar-refractivity contribution in [3.05, 3.63) is 12.2 Å². The zero-order valence-corrected chi connectivity index (χ0v) is 10.7. The maximum Gasteiger partial charge on any atom is 0.209 e. The fraction of sp³-hybridized carbons (Fsp3) is 0.818. The Bertz CT molecular complexity index is 280. The zero-order chi connectivity index (χ0) is 12.0. The summed E-state index contributed by atoms with van der Waals surface area (Å²) in [6.07, 6.45) is 6.24. The second-order valence-corrected chi connectivity index (χ2v) is 6.96. The molecule has 0 amide bonds. The third-order valence-electron chi connectivity index (χ3n) is 2.88. The molecule has 0 aromatic carbocycles. The van der Waals surface area contributed by atoms with E-state index in [9.17, 15) is 9.67 Å². The molecule has 1 aliphatic carbocycles. The lowest BCUT2D eigenvalue weighted by Crippen LogP contribution is -2.27. The van der Waals surface area contributed by atoms with Gasteiger partial charge in [-0.05, 0) is 26.2 Å². The SMILES string of the molecule is CCOP(=O)(C[C@H](O)CN)C1CC=CCC1. The average molecular weight is 247 g/mol. The van der Waals surface area contributed by atoms with E-state index in [4.69, 9.17) is 10.3 Å². The molecule has 94 valence electrons. The highest BCUT2D eigenvalue weighted by Crippen LogP contribution is 2.55. The molecule has 0 aromatic rings. The molecular formula is C11H22NO3P. The molecule has 4 nitrogen and oxygen atoms in total. The van der Waals surface area contributed by atoms with E-state index in [1.165, 1.54) is 0 Å². The highest BCUT2D eigenvalue weighted by molar-refractivity contribution is 7.59. The summed E-state index contributed by atoms with van der Waals surface area (Å²) in [4.78, 5) is 0. The van der Waals surface area contributed by atoms with Crippen LogP contribution in [0.25, 0.3) is 0 Å². The van der Waals surface area contributed by atoms with Gasteiger partial charge in [-0.15, -0.1) is 0 Å². The summed E-state index contributed by atoms with van der Waals surface area (Å²) in [5.74, 6) is 0. The van der Waals surface area contributed by atoms with E-state index < -0.39 is 13.5 Å². The van der Waals surface area contributed by atoms with Crippen molar-refractivity contribution in [3.63, 3.8) is 0 Å². The fourth-order valence-corrected chi connectivity index (χ4v) is 4.80. The Labute approximate surface area is 97.3 Å². The molecule has 0 bridgehead atoms. The van der Waals surface area contributed by atoms with Crippen LogP contribution < -0.4 is 5.73 Å². The van der Waals surface area contributed by atoms with Crippen LogP contribution in [0.15, 0.2) is 12.2 Å². The van der Waals surface area contributed by atoms with E-state index in [-0.39, 0.29) is 18.4 Å². The topological polar surface area (TPSA) is 72.5 Å². The van der Waals surface area contributed by atoms with Gasteiger partial charge in [0.2, 0.25) is 7.37 Å². The van der Waals surface area contributed by atoms with Crippen LogP contribution in [0.1, 0.15) is 26.2 Å². The van der Waals surface area contributed by atoms with Gasteiger partial charge in [0.1, 0.15) is 0 Å². The van der Waals surface area contributed by atoms with Gasteiger partial charge in [0.05, 0.1) is 18.9 Å². The molecule has 0 radical (unpaired) electrons. The summed E-state index contributed by atoms with van der Waals surface area (Å²) >= 11 is 0. The molecule has 3 N–H and O–H groups in total. The summed E-state index contributed by atoms with van der Waals surface area (Å²) in [6.45, 7) is 2.40. The number of nitrogens with two attached hydrogens (primary N) is 1. The Hall–Kier alpha value is -0.150. The molecule has 0 saturated heterocycles. The van der Waals surface area contributed by atoms with E-state index in [1.54, 1.807) is 0 Å². The van der Waals surface area contributed by atoms with Crippen LogP contribution in [0.3, 0.4) is 0 Å². The van der Waals surface area contributed by atoms with Gasteiger partial charge in [-0.3, -0.25) is 4.57 Å². The molecule has 0 fully saturated rings. The molecular weight excluding hydrogens is 225 g/mol. The standard InChI is InChI=1S/C11H22NO3P/c1-2-15-16(14,9-10(13)8-12)11-6-4-3-5-7-11/h3-4,10-11,13H,2,5-9,12H2,1H3/t10-,11?,16?/m1/s1. The largest absolute Gasteiger partial charge is 0.391 e. The average Bonchev–Trinajstić information content (AvgIpc) is 2.30. The number of aliphatic hydroxyl groups excluding tert-OH is 1. The van der Waals surface area contributed by atoms with Crippen molar-refractivity contribution >= 4 is 7.37 Å². The summed E-state index contributed by atoms with van der Waals surface area (Å²) in [5.41, 5.74) is 5.42. The normalized spacial score (nSPS) is 26.3. The van der Waals surface area contributed by atoms with Crippen LogP contribution in [0, 0.1) is 0 Å². The molecule has 0 aromatic heterocycles. The van der Waals surface area contributed by atoms with Crippen molar-refractivity contribution in [2.75, 3.05) is 19.3 Å². The van der Waals surface area contributed by atoms with Gasteiger partial charge in [0.25, 0.3) is 0 Å². The molecule has 5 heteroatoms. The van der Waals surface area contributed by atoms with Crippen molar-refractivity contribution in [1.29, 1.82) is 0 Å². The first-order valence-corrected chi connectivity index (χ1v) is 7.76. The monoisotopic (exact) mass is 247 g/mol. The minimum absolute atomic E-state index is 0.0543. The molecule has 0 spiro atoms. The number of hydrogen-bond acceptors (Lipinski definition) is 4. The Morgan fingerprint density at radius 3 is 2.88 bits per heavy atom.